The Hall–Kier alpha value is -3.30. The molecule has 4 rings (SSSR count). The number of benzene rings is 3. The Bertz CT molecular complexity index is 1360. The zero-order chi connectivity index (χ0) is 22.2. The van der Waals surface area contributed by atoms with Gasteiger partial charge in [-0.3, -0.25) is 4.72 Å². The van der Waals surface area contributed by atoms with Crippen molar-refractivity contribution in [2.24, 2.45) is 0 Å². The Morgan fingerprint density at radius 1 is 1.06 bits per heavy atom. The summed E-state index contributed by atoms with van der Waals surface area (Å²) in [5, 5.41) is 3.76. The van der Waals surface area contributed by atoms with Crippen LogP contribution in [-0.2, 0) is 10.0 Å². The maximum atomic E-state index is 13.4. The van der Waals surface area contributed by atoms with E-state index in [1.165, 1.54) is 18.4 Å². The van der Waals surface area contributed by atoms with Crippen molar-refractivity contribution in [2.75, 3.05) is 36.6 Å². The Morgan fingerprint density at radius 2 is 1.81 bits per heavy atom. The molecule has 1 heterocycles. The number of sulfonamides is 1. The number of aromatic nitrogens is 1. The molecule has 9 heteroatoms. The number of nitrogen functional groups attached to an aromatic ring is 1. The first-order valence-corrected chi connectivity index (χ1v) is 11.8. The predicted octanol–water partition coefficient (Wildman–Crippen LogP) is 4.42. The summed E-state index contributed by atoms with van der Waals surface area (Å²) in [5.41, 5.74) is 8.42. The van der Waals surface area contributed by atoms with Gasteiger partial charge in [-0.15, -0.1) is 11.3 Å². The molecule has 0 bridgehead atoms. The molecule has 160 valence electrons. The zero-order valence-corrected chi connectivity index (χ0v) is 18.9. The number of ether oxygens (including phenoxy) is 1. The van der Waals surface area contributed by atoms with Crippen LogP contribution in [-0.4, -0.2) is 34.6 Å². The van der Waals surface area contributed by atoms with Crippen molar-refractivity contribution in [3.8, 4) is 17.0 Å². The summed E-state index contributed by atoms with van der Waals surface area (Å²) in [5.74, 6) is 0.407. The largest absolute Gasteiger partial charge is 0.495 e. The van der Waals surface area contributed by atoms with E-state index in [2.05, 4.69) is 9.71 Å². The predicted molar refractivity (Wildman–Crippen MR) is 128 cm³/mol. The van der Waals surface area contributed by atoms with Gasteiger partial charge < -0.3 is 15.4 Å². The third-order valence-corrected chi connectivity index (χ3v) is 6.99. The van der Waals surface area contributed by atoms with E-state index >= 15 is 0 Å². The monoisotopic (exact) mass is 454 g/mol. The van der Waals surface area contributed by atoms with Gasteiger partial charge in [0, 0.05) is 41.5 Å². The van der Waals surface area contributed by atoms with E-state index in [9.17, 15) is 8.42 Å². The van der Waals surface area contributed by atoms with Crippen LogP contribution in [0.15, 0.2) is 64.9 Å². The molecule has 0 aliphatic carbocycles. The highest BCUT2D eigenvalue weighted by Crippen LogP contribution is 2.35. The molecule has 0 fully saturated rings. The smallest absolute Gasteiger partial charge is 0.262 e. The van der Waals surface area contributed by atoms with Gasteiger partial charge in [-0.1, -0.05) is 24.3 Å². The maximum Gasteiger partial charge on any atom is 0.262 e. The Balaban J connectivity index is 1.80. The third-order valence-electron chi connectivity index (χ3n) is 4.89. The van der Waals surface area contributed by atoms with Crippen molar-refractivity contribution >= 4 is 48.6 Å². The Labute approximate surface area is 185 Å². The number of thiazole rings is 1. The second-order valence-electron chi connectivity index (χ2n) is 7.11. The van der Waals surface area contributed by atoms with Crippen molar-refractivity contribution in [3.05, 3.63) is 60.0 Å². The molecule has 7 nitrogen and oxygen atoms in total. The number of hydrogen-bond donors (Lipinski definition) is 2. The van der Waals surface area contributed by atoms with E-state index < -0.39 is 10.0 Å². The second-order valence-corrected chi connectivity index (χ2v) is 9.65. The molecule has 0 amide bonds. The summed E-state index contributed by atoms with van der Waals surface area (Å²) in [6.45, 7) is 0. The van der Waals surface area contributed by atoms with Gasteiger partial charge >= 0.3 is 0 Å². The molecule has 0 saturated carbocycles. The molecule has 31 heavy (non-hydrogen) atoms. The summed E-state index contributed by atoms with van der Waals surface area (Å²) in [6, 6.07) is 16.1. The third kappa shape index (κ3) is 4.01. The molecule has 0 saturated heterocycles. The van der Waals surface area contributed by atoms with E-state index in [-0.39, 0.29) is 4.90 Å². The van der Waals surface area contributed by atoms with Gasteiger partial charge in [-0.05, 0) is 30.3 Å². The van der Waals surface area contributed by atoms with Crippen molar-refractivity contribution in [1.82, 2.24) is 4.98 Å². The SMILES string of the molecule is COc1ccc(-c2csc(N)n2)cc1NS(=O)(=O)c1cccc2c(N(C)C)cccc12. The van der Waals surface area contributed by atoms with Crippen molar-refractivity contribution in [2.45, 2.75) is 4.90 Å². The summed E-state index contributed by atoms with van der Waals surface area (Å²) in [6.07, 6.45) is 0. The topological polar surface area (TPSA) is 97.5 Å². The molecule has 3 aromatic carbocycles. The van der Waals surface area contributed by atoms with Crippen LogP contribution >= 0.6 is 11.3 Å². The molecular formula is C22H22N4O3S2. The van der Waals surface area contributed by atoms with Gasteiger partial charge in [0.2, 0.25) is 0 Å². The lowest BCUT2D eigenvalue weighted by Crippen LogP contribution is -2.15. The summed E-state index contributed by atoms with van der Waals surface area (Å²) < 4.78 is 34.9. The van der Waals surface area contributed by atoms with Crippen LogP contribution in [0.25, 0.3) is 22.0 Å². The highest BCUT2D eigenvalue weighted by Gasteiger charge is 2.21. The summed E-state index contributed by atoms with van der Waals surface area (Å²) in [7, 11) is 1.45. The number of nitrogens with one attached hydrogen (secondary N) is 1. The molecule has 0 unspecified atom stereocenters. The van der Waals surface area contributed by atoms with Crippen molar-refractivity contribution < 1.29 is 13.2 Å². The zero-order valence-electron chi connectivity index (χ0n) is 17.3. The molecule has 0 radical (unpaired) electrons. The van der Waals surface area contributed by atoms with Gasteiger partial charge in [0.1, 0.15) is 5.75 Å². The van der Waals surface area contributed by atoms with Gasteiger partial charge in [0.05, 0.1) is 23.4 Å². The molecule has 0 spiro atoms. The molecule has 0 atom stereocenters. The number of fused-ring (bicyclic) bond motifs is 1. The molecule has 3 N–H and O–H groups in total. The van der Waals surface area contributed by atoms with Crippen LogP contribution in [0.3, 0.4) is 0 Å². The van der Waals surface area contributed by atoms with Crippen molar-refractivity contribution in [3.63, 3.8) is 0 Å². The lowest BCUT2D eigenvalue weighted by Gasteiger charge is -2.18. The second kappa shape index (κ2) is 8.09. The maximum absolute atomic E-state index is 13.4. The fourth-order valence-corrected chi connectivity index (χ4v) is 5.31. The highest BCUT2D eigenvalue weighted by molar-refractivity contribution is 7.93. The number of nitrogens with zero attached hydrogens (tertiary/aromatic N) is 2. The number of anilines is 3. The first kappa shape index (κ1) is 21.0. The Morgan fingerprint density at radius 3 is 2.48 bits per heavy atom. The van der Waals surface area contributed by atoms with Crippen LogP contribution in [0.2, 0.25) is 0 Å². The fourth-order valence-electron chi connectivity index (χ4n) is 3.46. The molecule has 0 aliphatic rings. The normalized spacial score (nSPS) is 11.5. The number of rotatable bonds is 6. The quantitative estimate of drug-likeness (QED) is 0.448. The van der Waals surface area contributed by atoms with Crippen LogP contribution in [0.1, 0.15) is 0 Å². The van der Waals surface area contributed by atoms with E-state index in [1.54, 1.807) is 24.3 Å². The lowest BCUT2D eigenvalue weighted by molar-refractivity contribution is 0.417. The van der Waals surface area contributed by atoms with E-state index in [4.69, 9.17) is 10.5 Å². The van der Waals surface area contributed by atoms with Crippen LogP contribution in [0.5, 0.6) is 5.75 Å². The molecular weight excluding hydrogens is 432 g/mol. The first-order chi connectivity index (χ1) is 14.8. The van der Waals surface area contributed by atoms with Crippen molar-refractivity contribution in [1.29, 1.82) is 0 Å². The summed E-state index contributed by atoms with van der Waals surface area (Å²) in [4.78, 5) is 6.42. The van der Waals surface area contributed by atoms with E-state index in [0.717, 1.165) is 16.6 Å². The lowest BCUT2D eigenvalue weighted by atomic mass is 10.1. The Kier molecular flexibility index (Phi) is 5.47. The number of hydrogen-bond acceptors (Lipinski definition) is 7. The van der Waals surface area contributed by atoms with Gasteiger partial charge in [0.15, 0.2) is 5.13 Å². The van der Waals surface area contributed by atoms with Crippen LogP contribution in [0.4, 0.5) is 16.5 Å². The average molecular weight is 455 g/mol. The molecule has 4 aromatic rings. The summed E-state index contributed by atoms with van der Waals surface area (Å²) >= 11 is 1.32. The number of nitrogens with two attached hydrogens (primary N) is 1. The van der Waals surface area contributed by atoms with E-state index in [0.29, 0.717) is 27.6 Å². The van der Waals surface area contributed by atoms with Crippen LogP contribution < -0.4 is 20.1 Å². The molecule has 1 aromatic heterocycles. The van der Waals surface area contributed by atoms with Crippen LogP contribution in [0, 0.1) is 0 Å². The minimum atomic E-state index is -3.90. The fraction of sp³-hybridized carbons (Fsp3) is 0.136. The average Bonchev–Trinajstić information content (AvgIpc) is 3.18. The minimum Gasteiger partial charge on any atom is -0.495 e. The number of methoxy groups -OCH3 is 1. The van der Waals surface area contributed by atoms with Gasteiger partial charge in [0.25, 0.3) is 10.0 Å². The van der Waals surface area contributed by atoms with E-state index in [1.807, 2.05) is 54.7 Å². The first-order valence-electron chi connectivity index (χ1n) is 9.41. The van der Waals surface area contributed by atoms with Gasteiger partial charge in [-0.25, -0.2) is 13.4 Å². The van der Waals surface area contributed by atoms with Gasteiger partial charge in [-0.2, -0.15) is 0 Å². The molecule has 0 aliphatic heterocycles. The minimum absolute atomic E-state index is 0.194. The standard InChI is InChI=1S/C22H22N4O3S2/c1-26(2)19-8-4-7-16-15(19)6-5-9-21(16)31(27,28)25-17-12-14(10-11-20(17)29-3)18-13-30-22(23)24-18/h4-13,25H,1-3H3,(H2,23,24). The highest BCUT2D eigenvalue weighted by atomic mass is 32.2.